The Labute approximate surface area is 87.9 Å². The van der Waals surface area contributed by atoms with E-state index in [9.17, 15) is 0 Å². The lowest BCUT2D eigenvalue weighted by Crippen LogP contribution is -2.01. The Morgan fingerprint density at radius 1 is 1.25 bits per heavy atom. The van der Waals surface area contributed by atoms with Crippen molar-refractivity contribution in [2.24, 2.45) is 5.73 Å². The van der Waals surface area contributed by atoms with Gasteiger partial charge in [-0.3, -0.25) is 0 Å². The van der Waals surface area contributed by atoms with E-state index in [1.807, 2.05) is 0 Å². The predicted molar refractivity (Wildman–Crippen MR) is 58.8 cm³/mol. The van der Waals surface area contributed by atoms with E-state index in [0.717, 1.165) is 4.47 Å². The van der Waals surface area contributed by atoms with Crippen molar-refractivity contribution in [2.75, 3.05) is 0 Å². The van der Waals surface area contributed by atoms with Crippen molar-refractivity contribution in [3.8, 4) is 0 Å². The summed E-state index contributed by atoms with van der Waals surface area (Å²) >= 11 is 3.44. The molecule has 0 spiro atoms. The Bertz CT molecular complexity index is 250. The van der Waals surface area contributed by atoms with Gasteiger partial charge in [0.15, 0.2) is 0 Å². The summed E-state index contributed by atoms with van der Waals surface area (Å²) < 4.78 is 1.13. The zero-order valence-electron chi connectivity index (χ0n) is 7.23. The highest BCUT2D eigenvalue weighted by Gasteiger charge is 2.00. The SMILES string of the molecule is Cc1cc(Br)cc(C)c1CN.Cl. The van der Waals surface area contributed by atoms with E-state index in [2.05, 4.69) is 41.9 Å². The zero-order valence-corrected chi connectivity index (χ0v) is 9.63. The number of halogens is 2. The van der Waals surface area contributed by atoms with E-state index < -0.39 is 0 Å². The van der Waals surface area contributed by atoms with Gasteiger partial charge in [-0.05, 0) is 42.7 Å². The molecule has 0 bridgehead atoms. The number of hydrogen-bond donors (Lipinski definition) is 1. The minimum Gasteiger partial charge on any atom is -0.326 e. The second-order valence-electron chi connectivity index (χ2n) is 2.72. The Hall–Kier alpha value is -0.0500. The van der Waals surface area contributed by atoms with Gasteiger partial charge < -0.3 is 5.73 Å². The molecule has 0 saturated carbocycles. The molecule has 2 N–H and O–H groups in total. The predicted octanol–water partition coefficient (Wildman–Crippen LogP) is 2.95. The molecule has 68 valence electrons. The summed E-state index contributed by atoms with van der Waals surface area (Å²) in [6.45, 7) is 4.80. The van der Waals surface area contributed by atoms with Crippen LogP contribution in [0.3, 0.4) is 0 Å². The van der Waals surface area contributed by atoms with Crippen LogP contribution in [0.25, 0.3) is 0 Å². The third-order valence-corrected chi connectivity index (χ3v) is 2.32. The molecule has 0 atom stereocenters. The second-order valence-corrected chi connectivity index (χ2v) is 3.64. The molecule has 0 heterocycles. The van der Waals surface area contributed by atoms with Gasteiger partial charge in [0.25, 0.3) is 0 Å². The fraction of sp³-hybridized carbons (Fsp3) is 0.333. The fourth-order valence-corrected chi connectivity index (χ4v) is 1.95. The summed E-state index contributed by atoms with van der Waals surface area (Å²) in [5.74, 6) is 0. The summed E-state index contributed by atoms with van der Waals surface area (Å²) in [5.41, 5.74) is 9.37. The molecule has 3 heteroatoms. The summed E-state index contributed by atoms with van der Waals surface area (Å²) in [6.07, 6.45) is 0. The maximum Gasteiger partial charge on any atom is 0.0183 e. The van der Waals surface area contributed by atoms with Gasteiger partial charge in [0, 0.05) is 11.0 Å². The molecule has 0 fully saturated rings. The summed E-state index contributed by atoms with van der Waals surface area (Å²) in [7, 11) is 0. The topological polar surface area (TPSA) is 26.0 Å². The Kier molecular flexibility index (Phi) is 4.83. The smallest absolute Gasteiger partial charge is 0.0183 e. The van der Waals surface area contributed by atoms with Crippen molar-refractivity contribution in [3.05, 3.63) is 33.3 Å². The normalized spacial score (nSPS) is 9.33. The standard InChI is InChI=1S/C9H12BrN.ClH/c1-6-3-8(10)4-7(2)9(6)5-11;/h3-4H,5,11H2,1-2H3;1H. The minimum atomic E-state index is 0. The molecular formula is C9H13BrClN. The van der Waals surface area contributed by atoms with Crippen LogP contribution in [0.2, 0.25) is 0 Å². The van der Waals surface area contributed by atoms with Crippen LogP contribution in [0, 0.1) is 13.8 Å². The molecule has 1 nitrogen and oxygen atoms in total. The highest BCUT2D eigenvalue weighted by atomic mass is 79.9. The van der Waals surface area contributed by atoms with Crippen molar-refractivity contribution in [1.82, 2.24) is 0 Å². The van der Waals surface area contributed by atoms with Crippen LogP contribution in [0.15, 0.2) is 16.6 Å². The summed E-state index contributed by atoms with van der Waals surface area (Å²) in [5, 5.41) is 0. The first kappa shape index (κ1) is 11.9. The molecule has 0 radical (unpaired) electrons. The lowest BCUT2D eigenvalue weighted by molar-refractivity contribution is 1.03. The summed E-state index contributed by atoms with van der Waals surface area (Å²) in [4.78, 5) is 0. The molecule has 0 aromatic heterocycles. The zero-order chi connectivity index (χ0) is 8.43. The average Bonchev–Trinajstić information content (AvgIpc) is 1.85. The fourth-order valence-electron chi connectivity index (χ4n) is 1.26. The van der Waals surface area contributed by atoms with Crippen molar-refractivity contribution < 1.29 is 0 Å². The van der Waals surface area contributed by atoms with Gasteiger partial charge in [-0.25, -0.2) is 0 Å². The maximum absolute atomic E-state index is 5.59. The van der Waals surface area contributed by atoms with Gasteiger partial charge in [0.1, 0.15) is 0 Å². The molecule has 12 heavy (non-hydrogen) atoms. The molecule has 0 aliphatic heterocycles. The van der Waals surface area contributed by atoms with Crippen molar-refractivity contribution in [2.45, 2.75) is 20.4 Å². The monoisotopic (exact) mass is 249 g/mol. The quantitative estimate of drug-likeness (QED) is 0.815. The number of rotatable bonds is 1. The lowest BCUT2D eigenvalue weighted by atomic mass is 10.0. The van der Waals surface area contributed by atoms with Crippen LogP contribution in [-0.4, -0.2) is 0 Å². The first-order chi connectivity index (χ1) is 5.15. The van der Waals surface area contributed by atoms with Gasteiger partial charge in [-0.15, -0.1) is 12.4 Å². The highest BCUT2D eigenvalue weighted by Crippen LogP contribution is 2.19. The molecule has 0 saturated heterocycles. The van der Waals surface area contributed by atoms with Gasteiger partial charge >= 0.3 is 0 Å². The van der Waals surface area contributed by atoms with E-state index in [4.69, 9.17) is 5.73 Å². The molecule has 0 aliphatic rings. The van der Waals surface area contributed by atoms with Crippen LogP contribution in [0.5, 0.6) is 0 Å². The van der Waals surface area contributed by atoms with Crippen LogP contribution >= 0.6 is 28.3 Å². The largest absolute Gasteiger partial charge is 0.326 e. The number of aryl methyl sites for hydroxylation is 2. The molecule has 1 aromatic rings. The molecule has 0 amide bonds. The molecule has 1 aromatic carbocycles. The van der Waals surface area contributed by atoms with E-state index in [-0.39, 0.29) is 12.4 Å². The van der Waals surface area contributed by atoms with Crippen molar-refractivity contribution in [1.29, 1.82) is 0 Å². The number of benzene rings is 1. The summed E-state index contributed by atoms with van der Waals surface area (Å²) in [6, 6.07) is 4.18. The molecule has 0 unspecified atom stereocenters. The number of hydrogen-bond acceptors (Lipinski definition) is 1. The van der Waals surface area contributed by atoms with Crippen LogP contribution in [0.1, 0.15) is 16.7 Å². The minimum absolute atomic E-state index is 0. The van der Waals surface area contributed by atoms with E-state index in [1.165, 1.54) is 16.7 Å². The van der Waals surface area contributed by atoms with Crippen LogP contribution in [-0.2, 0) is 6.54 Å². The van der Waals surface area contributed by atoms with Crippen LogP contribution in [0.4, 0.5) is 0 Å². The number of nitrogens with two attached hydrogens (primary N) is 1. The molecular weight excluding hydrogens is 237 g/mol. The first-order valence-electron chi connectivity index (χ1n) is 3.61. The second kappa shape index (κ2) is 4.85. The molecule has 0 aliphatic carbocycles. The maximum atomic E-state index is 5.59. The van der Waals surface area contributed by atoms with E-state index >= 15 is 0 Å². The Balaban J connectivity index is 0.00000121. The van der Waals surface area contributed by atoms with E-state index in [0.29, 0.717) is 6.54 Å². The average molecular weight is 251 g/mol. The Morgan fingerprint density at radius 2 is 1.67 bits per heavy atom. The molecule has 1 rings (SSSR count). The third-order valence-electron chi connectivity index (χ3n) is 1.86. The van der Waals surface area contributed by atoms with E-state index in [1.54, 1.807) is 0 Å². The van der Waals surface area contributed by atoms with Crippen molar-refractivity contribution in [3.63, 3.8) is 0 Å². The Morgan fingerprint density at radius 3 is 2.00 bits per heavy atom. The van der Waals surface area contributed by atoms with Crippen molar-refractivity contribution >= 4 is 28.3 Å². The highest BCUT2D eigenvalue weighted by molar-refractivity contribution is 9.10. The van der Waals surface area contributed by atoms with Crippen LogP contribution < -0.4 is 5.73 Å². The third kappa shape index (κ3) is 2.47. The van der Waals surface area contributed by atoms with Gasteiger partial charge in [-0.2, -0.15) is 0 Å². The van der Waals surface area contributed by atoms with Gasteiger partial charge in [-0.1, -0.05) is 15.9 Å². The van der Waals surface area contributed by atoms with Gasteiger partial charge in [0.05, 0.1) is 0 Å². The van der Waals surface area contributed by atoms with Gasteiger partial charge in [0.2, 0.25) is 0 Å². The first-order valence-corrected chi connectivity index (χ1v) is 4.40. The lowest BCUT2D eigenvalue weighted by Gasteiger charge is -2.07.